The summed E-state index contributed by atoms with van der Waals surface area (Å²) in [6.45, 7) is 27.3. The Hall–Kier alpha value is -2.16. The van der Waals surface area contributed by atoms with Crippen LogP contribution in [0.4, 0.5) is 9.59 Å². The number of methoxy groups -OCH3 is 2. The smallest absolute Gasteiger partial charge is 0.410 e. The quantitative estimate of drug-likeness (QED) is 0.145. The molecule has 0 aromatic rings. The van der Waals surface area contributed by atoms with Crippen LogP contribution >= 0.6 is 0 Å². The van der Waals surface area contributed by atoms with E-state index in [-0.39, 0.29) is 83.1 Å². The molecule has 17 nitrogen and oxygen atoms in total. The molecule has 70 heavy (non-hydrogen) atoms. The SMILES string of the molecule is CO.CO[C@@H]1[C@H](OC(=O)N2CC(CCN3CCOCC3)C2)CC[C@]2(CO2)[C@H]1[C@@]1(C)O[C@@H]1CC=C(C)C.CO[C@@H]1[C@H](OC(=O)N2CC(CCN3CCOCC3)C2)CC[C@]2(CO2)[C@H]1[C@@]1(C)O[C@@H]1CCC(C)C. The lowest BCUT2D eigenvalue weighted by atomic mass is 9.68. The number of amides is 2. The van der Waals surface area contributed by atoms with Gasteiger partial charge in [0.1, 0.15) is 46.8 Å². The molecule has 1 N–H and O–H groups in total. The molecule has 0 bridgehead atoms. The predicted molar refractivity (Wildman–Crippen MR) is 262 cm³/mol. The number of ether oxygens (including phenoxy) is 10. The van der Waals surface area contributed by atoms with Crippen molar-refractivity contribution < 1.29 is 62.1 Å². The van der Waals surface area contributed by atoms with Crippen LogP contribution in [0.25, 0.3) is 0 Å². The number of nitrogens with zero attached hydrogens (tertiary/aromatic N) is 4. The normalized spacial score (nSPS) is 39.2. The lowest BCUT2D eigenvalue weighted by molar-refractivity contribution is -0.124. The van der Waals surface area contributed by atoms with Gasteiger partial charge < -0.3 is 62.3 Å². The summed E-state index contributed by atoms with van der Waals surface area (Å²) in [6, 6.07) is 0. The molecular weight excluding hydrogens is 901 g/mol. The average Bonchev–Trinajstić information content (AvgIpc) is 4.22. The van der Waals surface area contributed by atoms with Crippen molar-refractivity contribution in [3.63, 3.8) is 0 Å². The fourth-order valence-corrected chi connectivity index (χ4v) is 12.9. The van der Waals surface area contributed by atoms with Gasteiger partial charge in [0.05, 0.1) is 63.7 Å². The van der Waals surface area contributed by atoms with Crippen LogP contribution < -0.4 is 0 Å². The number of aliphatic hydroxyl groups excluding tert-OH is 1. The third-order valence-corrected chi connectivity index (χ3v) is 17.6. The molecule has 0 aromatic heterocycles. The largest absolute Gasteiger partial charge is 0.443 e. The number of morpholine rings is 2. The molecule has 8 saturated heterocycles. The van der Waals surface area contributed by atoms with E-state index in [1.165, 1.54) is 5.57 Å². The van der Waals surface area contributed by atoms with Gasteiger partial charge in [-0.1, -0.05) is 25.5 Å². The second-order valence-corrected chi connectivity index (χ2v) is 23.1. The predicted octanol–water partition coefficient (Wildman–Crippen LogP) is 5.40. The molecule has 12 atom stereocenters. The topological polar surface area (TPSA) is 173 Å². The summed E-state index contributed by atoms with van der Waals surface area (Å²) in [5.41, 5.74) is 0.353. The van der Waals surface area contributed by atoms with Crippen LogP contribution in [-0.4, -0.2) is 222 Å². The highest BCUT2D eigenvalue weighted by Crippen LogP contribution is 2.61. The molecule has 10 aliphatic rings. The van der Waals surface area contributed by atoms with Gasteiger partial charge in [0.15, 0.2) is 0 Å². The monoisotopic (exact) mass is 991 g/mol. The zero-order chi connectivity index (χ0) is 49.8. The molecule has 10 rings (SSSR count). The molecule has 2 aliphatic carbocycles. The van der Waals surface area contributed by atoms with Crippen LogP contribution in [0, 0.1) is 29.6 Å². The van der Waals surface area contributed by atoms with E-state index in [0.717, 1.165) is 170 Å². The lowest BCUT2D eigenvalue weighted by Gasteiger charge is -2.44. The Balaban J connectivity index is 0.000000182. The molecular formula is C53H90N4O13. The zero-order valence-electron chi connectivity index (χ0n) is 44.2. The molecule has 0 unspecified atom stereocenters. The van der Waals surface area contributed by atoms with Crippen molar-refractivity contribution in [3.8, 4) is 0 Å². The van der Waals surface area contributed by atoms with Gasteiger partial charge in [-0.2, -0.15) is 0 Å². The number of carbonyl (C=O) groups excluding carboxylic acids is 2. The van der Waals surface area contributed by atoms with Crippen molar-refractivity contribution in [1.29, 1.82) is 0 Å². The number of carbonyl (C=O) groups is 2. The first-order valence-electron chi connectivity index (χ1n) is 27.0. The van der Waals surface area contributed by atoms with E-state index in [1.807, 2.05) is 9.80 Å². The summed E-state index contributed by atoms with van der Waals surface area (Å²) in [5, 5.41) is 7.00. The number of likely N-dealkylation sites (tertiary alicyclic amines) is 2. The van der Waals surface area contributed by atoms with Crippen LogP contribution in [0.1, 0.15) is 99.3 Å². The first-order chi connectivity index (χ1) is 33.7. The number of allylic oxidation sites excluding steroid dienone is 1. The average molecular weight is 991 g/mol. The molecule has 8 heterocycles. The van der Waals surface area contributed by atoms with E-state index in [4.69, 9.17) is 52.5 Å². The highest BCUT2D eigenvalue weighted by Gasteiger charge is 2.73. The Morgan fingerprint density at radius 3 is 1.47 bits per heavy atom. The van der Waals surface area contributed by atoms with Gasteiger partial charge in [0.25, 0.3) is 0 Å². The Kier molecular flexibility index (Phi) is 17.9. The molecule has 0 aromatic carbocycles. The highest BCUT2D eigenvalue weighted by atomic mass is 16.6. The van der Waals surface area contributed by atoms with Crippen molar-refractivity contribution in [1.82, 2.24) is 19.6 Å². The summed E-state index contributed by atoms with van der Waals surface area (Å²) in [5.74, 6) is 1.94. The van der Waals surface area contributed by atoms with Crippen molar-refractivity contribution in [3.05, 3.63) is 11.6 Å². The lowest BCUT2D eigenvalue weighted by Crippen LogP contribution is -2.57. The molecule has 8 aliphatic heterocycles. The van der Waals surface area contributed by atoms with Crippen molar-refractivity contribution in [2.75, 3.05) is 126 Å². The maximum Gasteiger partial charge on any atom is 0.410 e. The van der Waals surface area contributed by atoms with Gasteiger partial charge in [-0.05, 0) is 116 Å². The van der Waals surface area contributed by atoms with Gasteiger partial charge in [0, 0.05) is 73.7 Å². The summed E-state index contributed by atoms with van der Waals surface area (Å²) >= 11 is 0. The van der Waals surface area contributed by atoms with E-state index in [9.17, 15) is 9.59 Å². The Bertz CT molecular complexity index is 1740. The standard InChI is InChI=1S/C26H44N2O6.C26H42N2O6.CH4O/c2*1-18(2)5-6-21-25(3,34-21)23-22(30-4)20(7-9-26(23)17-32-26)33-24(29)28-15-19(16-28)8-10-27-11-13-31-14-12-27;1-2/h18-23H,5-17H2,1-4H3;5,19-23H,6-17H2,1-4H3;2H,1H3/t2*20-,21-,22-,23-,25+,26+;/m11./s1. The van der Waals surface area contributed by atoms with Crippen LogP contribution in [0.15, 0.2) is 11.6 Å². The molecule has 2 amide bonds. The fourth-order valence-electron chi connectivity index (χ4n) is 12.9. The molecule has 0 radical (unpaired) electrons. The van der Waals surface area contributed by atoms with E-state index in [2.05, 4.69) is 57.4 Å². The number of aliphatic hydroxyl groups is 1. The fraction of sp³-hybridized carbons (Fsp3) is 0.925. The Morgan fingerprint density at radius 2 is 1.09 bits per heavy atom. The van der Waals surface area contributed by atoms with Crippen LogP contribution in [0.5, 0.6) is 0 Å². The molecule has 2 saturated carbocycles. The second kappa shape index (κ2) is 23.2. The molecule has 400 valence electrons. The van der Waals surface area contributed by atoms with Crippen LogP contribution in [0.2, 0.25) is 0 Å². The molecule has 10 fully saturated rings. The maximum absolute atomic E-state index is 13.0. The van der Waals surface area contributed by atoms with Gasteiger partial charge in [0.2, 0.25) is 0 Å². The van der Waals surface area contributed by atoms with Crippen LogP contribution in [0.3, 0.4) is 0 Å². The number of hydrogen-bond donors (Lipinski definition) is 1. The van der Waals surface area contributed by atoms with E-state index >= 15 is 0 Å². The first kappa shape index (κ1) is 54.1. The number of rotatable bonds is 17. The minimum absolute atomic E-state index is 0.0600. The van der Waals surface area contributed by atoms with E-state index in [0.29, 0.717) is 17.8 Å². The van der Waals surface area contributed by atoms with Crippen molar-refractivity contribution >= 4 is 12.2 Å². The van der Waals surface area contributed by atoms with Gasteiger partial charge >= 0.3 is 12.2 Å². The molecule has 17 heteroatoms. The number of epoxide rings is 4. The third-order valence-electron chi connectivity index (χ3n) is 17.6. The minimum Gasteiger partial charge on any atom is -0.443 e. The van der Waals surface area contributed by atoms with Crippen molar-refractivity contribution in [2.45, 2.75) is 158 Å². The highest BCUT2D eigenvalue weighted by molar-refractivity contribution is 5.69. The third kappa shape index (κ3) is 12.3. The zero-order valence-corrected chi connectivity index (χ0v) is 44.2. The Labute approximate surface area is 418 Å². The van der Waals surface area contributed by atoms with E-state index in [1.54, 1.807) is 14.2 Å². The van der Waals surface area contributed by atoms with E-state index < -0.39 is 0 Å². The van der Waals surface area contributed by atoms with Gasteiger partial charge in [-0.3, -0.25) is 9.80 Å². The van der Waals surface area contributed by atoms with Crippen molar-refractivity contribution in [2.24, 2.45) is 29.6 Å². The maximum atomic E-state index is 13.0. The summed E-state index contributed by atoms with van der Waals surface area (Å²) in [6.07, 6.45) is 9.96. The van der Waals surface area contributed by atoms with Gasteiger partial charge in [-0.15, -0.1) is 0 Å². The summed E-state index contributed by atoms with van der Waals surface area (Å²) in [4.78, 5) is 34.5. The van der Waals surface area contributed by atoms with Crippen LogP contribution in [-0.2, 0) is 47.4 Å². The summed E-state index contributed by atoms with van der Waals surface area (Å²) in [7, 11) is 4.46. The molecule has 2 spiro atoms. The minimum atomic E-state index is -0.310. The van der Waals surface area contributed by atoms with Gasteiger partial charge in [-0.25, -0.2) is 9.59 Å². The Morgan fingerprint density at radius 1 is 0.671 bits per heavy atom. The second-order valence-electron chi connectivity index (χ2n) is 23.1. The first-order valence-corrected chi connectivity index (χ1v) is 27.0. The summed E-state index contributed by atoms with van der Waals surface area (Å²) < 4.78 is 59.6. The number of hydrogen-bond acceptors (Lipinski definition) is 15.